The monoisotopic (exact) mass is 288 g/mol. The van der Waals surface area contributed by atoms with Gasteiger partial charge in [0.05, 0.1) is 13.0 Å². The average molecular weight is 288 g/mol. The summed E-state index contributed by atoms with van der Waals surface area (Å²) >= 11 is 0. The first-order valence-electron chi connectivity index (χ1n) is 7.82. The van der Waals surface area contributed by atoms with Crippen molar-refractivity contribution in [2.75, 3.05) is 39.9 Å². The molecule has 4 heteroatoms. The van der Waals surface area contributed by atoms with Gasteiger partial charge in [-0.1, -0.05) is 30.3 Å². The van der Waals surface area contributed by atoms with Crippen LogP contribution in [-0.2, 0) is 16.0 Å². The van der Waals surface area contributed by atoms with Gasteiger partial charge in [-0.2, -0.15) is 0 Å². The zero-order chi connectivity index (χ0) is 14.7. The van der Waals surface area contributed by atoms with Gasteiger partial charge < -0.3 is 9.64 Å². The number of rotatable bonds is 5. The van der Waals surface area contributed by atoms with Gasteiger partial charge in [0.25, 0.3) is 0 Å². The maximum Gasteiger partial charge on any atom is 0.227 e. The molecule has 2 fully saturated rings. The molecule has 2 saturated heterocycles. The number of benzene rings is 1. The molecule has 0 unspecified atom stereocenters. The van der Waals surface area contributed by atoms with E-state index in [1.54, 1.807) is 7.11 Å². The van der Waals surface area contributed by atoms with E-state index in [0.717, 1.165) is 38.3 Å². The van der Waals surface area contributed by atoms with Gasteiger partial charge in [0.1, 0.15) is 0 Å². The molecule has 0 saturated carbocycles. The number of ether oxygens (including phenoxy) is 1. The zero-order valence-electron chi connectivity index (χ0n) is 12.7. The molecule has 21 heavy (non-hydrogen) atoms. The quantitative estimate of drug-likeness (QED) is 0.821. The summed E-state index contributed by atoms with van der Waals surface area (Å²) in [6, 6.07) is 10.6. The number of amides is 1. The minimum atomic E-state index is 0.266. The first-order valence-corrected chi connectivity index (χ1v) is 7.82. The van der Waals surface area contributed by atoms with Crippen molar-refractivity contribution in [2.45, 2.75) is 18.9 Å². The summed E-state index contributed by atoms with van der Waals surface area (Å²) in [5.41, 5.74) is 1.11. The van der Waals surface area contributed by atoms with Crippen molar-refractivity contribution in [3.63, 3.8) is 0 Å². The van der Waals surface area contributed by atoms with Crippen molar-refractivity contribution in [1.29, 1.82) is 0 Å². The second kappa shape index (κ2) is 6.58. The summed E-state index contributed by atoms with van der Waals surface area (Å²) < 4.78 is 5.18. The van der Waals surface area contributed by atoms with Crippen LogP contribution >= 0.6 is 0 Å². The Morgan fingerprint density at radius 3 is 2.86 bits per heavy atom. The SMILES string of the molecule is COCCN1CC[C@@H]2CN(C(=O)Cc3ccccc3)C[C@@H]21. The summed E-state index contributed by atoms with van der Waals surface area (Å²) in [5.74, 6) is 0.920. The Labute approximate surface area is 126 Å². The van der Waals surface area contributed by atoms with E-state index in [-0.39, 0.29) is 5.91 Å². The molecule has 2 aliphatic rings. The third-order valence-corrected chi connectivity index (χ3v) is 4.80. The van der Waals surface area contributed by atoms with Gasteiger partial charge in [0.2, 0.25) is 5.91 Å². The van der Waals surface area contributed by atoms with Gasteiger partial charge in [-0.05, 0) is 24.4 Å². The number of likely N-dealkylation sites (tertiary alicyclic amines) is 2. The molecule has 1 aromatic carbocycles. The lowest BCUT2D eigenvalue weighted by Crippen LogP contribution is -2.39. The molecule has 0 spiro atoms. The molecule has 3 rings (SSSR count). The second-order valence-electron chi connectivity index (χ2n) is 6.11. The van der Waals surface area contributed by atoms with Crippen LogP contribution in [0.1, 0.15) is 12.0 Å². The van der Waals surface area contributed by atoms with Crippen LogP contribution in [-0.4, -0.2) is 61.6 Å². The van der Waals surface area contributed by atoms with Crippen molar-refractivity contribution in [1.82, 2.24) is 9.80 Å². The minimum Gasteiger partial charge on any atom is -0.383 e. The Kier molecular flexibility index (Phi) is 4.56. The predicted molar refractivity (Wildman–Crippen MR) is 82.1 cm³/mol. The first-order chi connectivity index (χ1) is 10.3. The number of methoxy groups -OCH3 is 1. The third-order valence-electron chi connectivity index (χ3n) is 4.80. The smallest absolute Gasteiger partial charge is 0.227 e. The van der Waals surface area contributed by atoms with E-state index in [0.29, 0.717) is 18.4 Å². The molecular formula is C17H24N2O2. The highest BCUT2D eigenvalue weighted by Gasteiger charge is 2.42. The Morgan fingerprint density at radius 2 is 2.10 bits per heavy atom. The largest absolute Gasteiger partial charge is 0.383 e. The van der Waals surface area contributed by atoms with Gasteiger partial charge in [0.15, 0.2) is 0 Å². The van der Waals surface area contributed by atoms with Crippen LogP contribution < -0.4 is 0 Å². The van der Waals surface area contributed by atoms with Crippen LogP contribution in [0.5, 0.6) is 0 Å². The number of hydrogen-bond donors (Lipinski definition) is 0. The fourth-order valence-electron chi connectivity index (χ4n) is 3.62. The summed E-state index contributed by atoms with van der Waals surface area (Å²) in [4.78, 5) is 17.0. The van der Waals surface area contributed by atoms with Crippen LogP contribution in [0.25, 0.3) is 0 Å². The molecule has 2 atom stereocenters. The van der Waals surface area contributed by atoms with Crippen molar-refractivity contribution >= 4 is 5.91 Å². The van der Waals surface area contributed by atoms with Gasteiger partial charge in [0, 0.05) is 32.8 Å². The molecule has 2 heterocycles. The molecule has 1 amide bonds. The minimum absolute atomic E-state index is 0.266. The van der Waals surface area contributed by atoms with Gasteiger partial charge in [-0.3, -0.25) is 9.69 Å². The summed E-state index contributed by atoms with van der Waals surface area (Å²) in [5, 5.41) is 0. The van der Waals surface area contributed by atoms with Gasteiger partial charge >= 0.3 is 0 Å². The summed E-state index contributed by atoms with van der Waals surface area (Å²) in [6.45, 7) is 4.73. The normalized spacial score (nSPS) is 25.3. The molecule has 0 radical (unpaired) electrons. The van der Waals surface area contributed by atoms with Crippen LogP contribution in [0.3, 0.4) is 0 Å². The predicted octanol–water partition coefficient (Wildman–Crippen LogP) is 1.41. The number of carbonyl (C=O) groups excluding carboxylic acids is 1. The maximum atomic E-state index is 12.4. The van der Waals surface area contributed by atoms with Crippen LogP contribution in [0.4, 0.5) is 0 Å². The maximum absolute atomic E-state index is 12.4. The number of carbonyl (C=O) groups is 1. The summed E-state index contributed by atoms with van der Waals surface area (Å²) in [6.07, 6.45) is 1.74. The lowest BCUT2D eigenvalue weighted by molar-refractivity contribution is -0.129. The number of nitrogens with zero attached hydrogens (tertiary/aromatic N) is 2. The van der Waals surface area contributed by atoms with E-state index in [2.05, 4.69) is 9.80 Å². The van der Waals surface area contributed by atoms with Crippen LogP contribution in [0.2, 0.25) is 0 Å². The van der Waals surface area contributed by atoms with Crippen LogP contribution in [0.15, 0.2) is 30.3 Å². The summed E-state index contributed by atoms with van der Waals surface area (Å²) in [7, 11) is 1.75. The molecule has 0 aliphatic carbocycles. The Balaban J connectivity index is 1.56. The van der Waals surface area contributed by atoms with Crippen molar-refractivity contribution in [3.8, 4) is 0 Å². The van der Waals surface area contributed by atoms with Gasteiger partial charge in [-0.25, -0.2) is 0 Å². The lowest BCUT2D eigenvalue weighted by Gasteiger charge is -2.24. The fourth-order valence-corrected chi connectivity index (χ4v) is 3.62. The Hall–Kier alpha value is -1.39. The highest BCUT2D eigenvalue weighted by molar-refractivity contribution is 5.79. The van der Waals surface area contributed by atoms with E-state index in [4.69, 9.17) is 4.74 Å². The first kappa shape index (κ1) is 14.5. The van der Waals surface area contributed by atoms with Gasteiger partial charge in [-0.15, -0.1) is 0 Å². The lowest BCUT2D eigenvalue weighted by atomic mass is 10.1. The molecule has 4 nitrogen and oxygen atoms in total. The van der Waals surface area contributed by atoms with E-state index in [1.165, 1.54) is 6.42 Å². The average Bonchev–Trinajstić information content (AvgIpc) is 3.07. The molecule has 1 aromatic rings. The highest BCUT2D eigenvalue weighted by atomic mass is 16.5. The van der Waals surface area contributed by atoms with Crippen molar-refractivity contribution in [2.24, 2.45) is 5.92 Å². The Bertz CT molecular complexity index is 477. The third kappa shape index (κ3) is 3.27. The Morgan fingerprint density at radius 1 is 1.29 bits per heavy atom. The van der Waals surface area contributed by atoms with E-state index in [9.17, 15) is 4.79 Å². The number of fused-ring (bicyclic) bond motifs is 1. The second-order valence-corrected chi connectivity index (χ2v) is 6.11. The van der Waals surface area contributed by atoms with Crippen LogP contribution in [0, 0.1) is 5.92 Å². The molecule has 0 N–H and O–H groups in total. The van der Waals surface area contributed by atoms with E-state index >= 15 is 0 Å². The van der Waals surface area contributed by atoms with E-state index < -0.39 is 0 Å². The molecular weight excluding hydrogens is 264 g/mol. The molecule has 0 bridgehead atoms. The standard InChI is InChI=1S/C17H24N2O2/c1-21-10-9-18-8-7-15-12-19(13-16(15)18)17(20)11-14-5-3-2-4-6-14/h2-6,15-16H,7-13H2,1H3/t15-,16+/m1/s1. The van der Waals surface area contributed by atoms with Crippen molar-refractivity contribution < 1.29 is 9.53 Å². The van der Waals surface area contributed by atoms with E-state index in [1.807, 2.05) is 30.3 Å². The number of hydrogen-bond acceptors (Lipinski definition) is 3. The fraction of sp³-hybridized carbons (Fsp3) is 0.588. The molecule has 0 aromatic heterocycles. The zero-order valence-corrected chi connectivity index (χ0v) is 12.7. The topological polar surface area (TPSA) is 32.8 Å². The molecule has 2 aliphatic heterocycles. The highest BCUT2D eigenvalue weighted by Crippen LogP contribution is 2.31. The molecule has 114 valence electrons. The van der Waals surface area contributed by atoms with Crippen molar-refractivity contribution in [3.05, 3.63) is 35.9 Å².